The third-order valence-electron chi connectivity index (χ3n) is 4.35. The number of nitrogens with one attached hydrogen (secondary N) is 3. The molecule has 9 N–H and O–H groups in total. The van der Waals surface area contributed by atoms with Crippen LogP contribution < -0.4 is 27.4 Å². The Morgan fingerprint density at radius 3 is 1.94 bits per heavy atom. The first-order valence-corrected chi connectivity index (χ1v) is 10.5. The Morgan fingerprint density at radius 2 is 1.48 bits per heavy atom. The van der Waals surface area contributed by atoms with Crippen molar-refractivity contribution in [2.24, 2.45) is 17.4 Å². The standard InChI is InChI=1S/C18H33N5O7S/c1-9(2)14(17(28)21-11(18(29)30)5-3-4-6-19)23-16(27)12(7-13(24)25)22-15(26)10(20)8-31/h9-12,14,31H,3-8,19-20H2,1-2H3,(H,21,28)(H,22,26)(H,23,27)(H,24,25)(H,29,30). The molecule has 4 unspecified atom stereocenters. The van der Waals surface area contributed by atoms with Crippen LogP contribution in [0.5, 0.6) is 0 Å². The van der Waals surface area contributed by atoms with Crippen LogP contribution in [-0.2, 0) is 24.0 Å². The number of thiol groups is 1. The van der Waals surface area contributed by atoms with E-state index in [-0.39, 0.29) is 12.2 Å². The SMILES string of the molecule is CC(C)C(NC(=O)C(CC(=O)O)NC(=O)C(N)CS)C(=O)NC(CCCCN)C(=O)O. The maximum Gasteiger partial charge on any atom is 0.326 e. The van der Waals surface area contributed by atoms with Crippen molar-refractivity contribution in [1.82, 2.24) is 16.0 Å². The number of aliphatic carboxylic acids is 2. The molecule has 0 bridgehead atoms. The summed E-state index contributed by atoms with van der Waals surface area (Å²) in [6, 6.07) is -4.86. The van der Waals surface area contributed by atoms with Crippen LogP contribution in [0.4, 0.5) is 0 Å². The van der Waals surface area contributed by atoms with Gasteiger partial charge in [-0.15, -0.1) is 0 Å². The predicted octanol–water partition coefficient (Wildman–Crippen LogP) is -1.96. The molecule has 0 aliphatic heterocycles. The van der Waals surface area contributed by atoms with Gasteiger partial charge in [0.15, 0.2) is 0 Å². The van der Waals surface area contributed by atoms with Crippen molar-refractivity contribution < 1.29 is 34.2 Å². The molecular formula is C18H33N5O7S. The van der Waals surface area contributed by atoms with E-state index in [9.17, 15) is 29.1 Å². The van der Waals surface area contributed by atoms with Gasteiger partial charge in [0.2, 0.25) is 17.7 Å². The number of rotatable bonds is 15. The van der Waals surface area contributed by atoms with Gasteiger partial charge in [-0.2, -0.15) is 12.6 Å². The number of carbonyl (C=O) groups excluding carboxylic acids is 3. The zero-order chi connectivity index (χ0) is 24.1. The minimum absolute atomic E-state index is 0.0228. The predicted molar refractivity (Wildman–Crippen MR) is 115 cm³/mol. The molecular weight excluding hydrogens is 430 g/mol. The van der Waals surface area contributed by atoms with Gasteiger partial charge >= 0.3 is 11.9 Å². The van der Waals surface area contributed by atoms with Crippen molar-refractivity contribution in [3.05, 3.63) is 0 Å². The van der Waals surface area contributed by atoms with Crippen molar-refractivity contribution in [2.45, 2.75) is 63.7 Å². The maximum atomic E-state index is 12.6. The fourth-order valence-corrected chi connectivity index (χ4v) is 2.71. The summed E-state index contributed by atoms with van der Waals surface area (Å²) in [7, 11) is 0. The van der Waals surface area contributed by atoms with E-state index in [2.05, 4.69) is 28.6 Å². The van der Waals surface area contributed by atoms with Gasteiger partial charge in [0.1, 0.15) is 18.1 Å². The monoisotopic (exact) mass is 463 g/mol. The van der Waals surface area contributed by atoms with Crippen LogP contribution in [0.3, 0.4) is 0 Å². The molecule has 178 valence electrons. The first-order valence-electron chi connectivity index (χ1n) is 9.86. The summed E-state index contributed by atoms with van der Waals surface area (Å²) in [5, 5.41) is 25.4. The second kappa shape index (κ2) is 14.6. The molecule has 0 saturated carbocycles. The number of carboxylic acids is 2. The van der Waals surface area contributed by atoms with Gasteiger partial charge in [-0.25, -0.2) is 4.79 Å². The quantitative estimate of drug-likeness (QED) is 0.0998. The largest absolute Gasteiger partial charge is 0.481 e. The highest BCUT2D eigenvalue weighted by atomic mass is 32.1. The van der Waals surface area contributed by atoms with E-state index in [4.69, 9.17) is 16.6 Å². The van der Waals surface area contributed by atoms with E-state index in [1.165, 1.54) is 0 Å². The summed E-state index contributed by atoms with van der Waals surface area (Å²) in [5.74, 6) is -5.48. The second-order valence-electron chi connectivity index (χ2n) is 7.36. The van der Waals surface area contributed by atoms with Gasteiger partial charge in [-0.05, 0) is 31.7 Å². The number of carboxylic acid groups (broad SMARTS) is 2. The van der Waals surface area contributed by atoms with Gasteiger partial charge < -0.3 is 37.6 Å². The van der Waals surface area contributed by atoms with Crippen LogP contribution in [0.15, 0.2) is 0 Å². The summed E-state index contributed by atoms with van der Waals surface area (Å²) in [4.78, 5) is 59.7. The number of hydrogen-bond acceptors (Lipinski definition) is 8. The Labute approximate surface area is 186 Å². The lowest BCUT2D eigenvalue weighted by Gasteiger charge is -2.26. The minimum atomic E-state index is -1.48. The molecule has 0 aromatic rings. The maximum absolute atomic E-state index is 12.6. The van der Waals surface area contributed by atoms with Crippen molar-refractivity contribution >= 4 is 42.3 Å². The lowest BCUT2D eigenvalue weighted by atomic mass is 10.0. The average molecular weight is 464 g/mol. The lowest BCUT2D eigenvalue weighted by Crippen LogP contribution is -2.58. The van der Waals surface area contributed by atoms with Gasteiger partial charge in [-0.3, -0.25) is 19.2 Å². The van der Waals surface area contributed by atoms with E-state index in [0.717, 1.165) is 0 Å². The van der Waals surface area contributed by atoms with Crippen LogP contribution in [0.2, 0.25) is 0 Å². The summed E-state index contributed by atoms with van der Waals surface area (Å²) in [5.41, 5.74) is 10.9. The highest BCUT2D eigenvalue weighted by molar-refractivity contribution is 7.80. The summed E-state index contributed by atoms with van der Waals surface area (Å²) in [6.07, 6.45) is 0.510. The average Bonchev–Trinajstić information content (AvgIpc) is 2.68. The Hall–Kier alpha value is -2.38. The van der Waals surface area contributed by atoms with Crippen molar-refractivity contribution in [3.63, 3.8) is 0 Å². The fourth-order valence-electron chi connectivity index (χ4n) is 2.55. The molecule has 13 heteroatoms. The zero-order valence-electron chi connectivity index (χ0n) is 17.7. The number of nitrogens with two attached hydrogens (primary N) is 2. The third-order valence-corrected chi connectivity index (χ3v) is 4.75. The zero-order valence-corrected chi connectivity index (χ0v) is 18.6. The van der Waals surface area contributed by atoms with E-state index in [1.54, 1.807) is 13.8 Å². The van der Waals surface area contributed by atoms with Crippen LogP contribution in [0, 0.1) is 5.92 Å². The molecule has 0 aromatic carbocycles. The highest BCUT2D eigenvalue weighted by Crippen LogP contribution is 2.07. The third kappa shape index (κ3) is 11.0. The van der Waals surface area contributed by atoms with E-state index in [1.807, 2.05) is 0 Å². The van der Waals surface area contributed by atoms with Crippen LogP contribution >= 0.6 is 12.6 Å². The van der Waals surface area contributed by atoms with Crippen LogP contribution in [0.1, 0.15) is 39.5 Å². The Bertz CT molecular complexity index is 647. The molecule has 12 nitrogen and oxygen atoms in total. The Morgan fingerprint density at radius 1 is 0.903 bits per heavy atom. The molecule has 0 fully saturated rings. The van der Waals surface area contributed by atoms with Gasteiger partial charge in [0.25, 0.3) is 0 Å². The molecule has 0 rings (SSSR count). The molecule has 0 aliphatic rings. The van der Waals surface area contributed by atoms with Gasteiger partial charge in [0, 0.05) is 5.75 Å². The normalized spacial score (nSPS) is 14.8. The highest BCUT2D eigenvalue weighted by Gasteiger charge is 2.32. The molecule has 4 atom stereocenters. The molecule has 0 aromatic heterocycles. The van der Waals surface area contributed by atoms with E-state index >= 15 is 0 Å². The summed E-state index contributed by atoms with van der Waals surface area (Å²) >= 11 is 3.88. The molecule has 0 saturated heterocycles. The number of hydrogen-bond donors (Lipinski definition) is 8. The molecule has 31 heavy (non-hydrogen) atoms. The fraction of sp³-hybridized carbons (Fsp3) is 0.722. The van der Waals surface area contributed by atoms with Gasteiger partial charge in [-0.1, -0.05) is 13.8 Å². The number of unbranched alkanes of at least 4 members (excludes halogenated alkanes) is 1. The summed E-state index contributed by atoms with van der Waals surface area (Å²) in [6.45, 7) is 3.63. The first-order chi connectivity index (χ1) is 14.4. The van der Waals surface area contributed by atoms with E-state index in [0.29, 0.717) is 19.4 Å². The molecule has 3 amide bonds. The van der Waals surface area contributed by atoms with E-state index < -0.39 is 66.2 Å². The Kier molecular flexibility index (Phi) is 13.5. The Balaban J connectivity index is 5.33. The van der Waals surface area contributed by atoms with Gasteiger partial charge in [0.05, 0.1) is 12.5 Å². The minimum Gasteiger partial charge on any atom is -0.481 e. The molecule has 0 aliphatic carbocycles. The first kappa shape index (κ1) is 28.6. The van der Waals surface area contributed by atoms with Crippen molar-refractivity contribution in [1.29, 1.82) is 0 Å². The van der Waals surface area contributed by atoms with Crippen molar-refractivity contribution in [3.8, 4) is 0 Å². The number of amides is 3. The lowest BCUT2D eigenvalue weighted by molar-refractivity contribution is -0.143. The van der Waals surface area contributed by atoms with Crippen LogP contribution in [0.25, 0.3) is 0 Å². The smallest absolute Gasteiger partial charge is 0.326 e. The van der Waals surface area contributed by atoms with Crippen molar-refractivity contribution in [2.75, 3.05) is 12.3 Å². The van der Waals surface area contributed by atoms with Crippen LogP contribution in [-0.4, -0.2) is 76.3 Å². The molecule has 0 heterocycles. The second-order valence-corrected chi connectivity index (χ2v) is 7.73. The number of carbonyl (C=O) groups is 5. The summed E-state index contributed by atoms with van der Waals surface area (Å²) < 4.78 is 0. The molecule has 0 radical (unpaired) electrons. The topological polar surface area (TPSA) is 214 Å². The molecule has 0 spiro atoms.